The van der Waals surface area contributed by atoms with Crippen LogP contribution in [0.3, 0.4) is 0 Å². The van der Waals surface area contributed by atoms with Gasteiger partial charge < -0.3 is 14.3 Å². The largest absolute Gasteiger partial charge is 0.493 e. The van der Waals surface area contributed by atoms with Crippen molar-refractivity contribution in [3.63, 3.8) is 0 Å². The summed E-state index contributed by atoms with van der Waals surface area (Å²) in [5, 5.41) is 9.63. The third-order valence-corrected chi connectivity index (χ3v) is 6.16. The van der Waals surface area contributed by atoms with Crippen LogP contribution in [0.1, 0.15) is 54.7 Å². The monoisotopic (exact) mass is 419 g/mol. The minimum atomic E-state index is -0.683. The van der Waals surface area contributed by atoms with E-state index in [1.165, 1.54) is 11.1 Å². The molecule has 162 valence electrons. The highest BCUT2D eigenvalue weighted by atomic mass is 16.5. The summed E-state index contributed by atoms with van der Waals surface area (Å²) in [6, 6.07) is 16.0. The van der Waals surface area contributed by atoms with E-state index >= 15 is 0 Å². The van der Waals surface area contributed by atoms with Crippen molar-refractivity contribution in [2.45, 2.75) is 51.9 Å². The Labute approximate surface area is 183 Å². The zero-order chi connectivity index (χ0) is 21.8. The molecule has 5 nitrogen and oxygen atoms in total. The molecule has 1 aliphatic carbocycles. The second-order valence-corrected chi connectivity index (χ2v) is 8.23. The van der Waals surface area contributed by atoms with E-state index in [0.717, 1.165) is 48.5 Å². The van der Waals surface area contributed by atoms with Gasteiger partial charge in [-0.15, -0.1) is 0 Å². The van der Waals surface area contributed by atoms with Gasteiger partial charge in [-0.1, -0.05) is 37.6 Å². The number of benzene rings is 2. The van der Waals surface area contributed by atoms with E-state index in [0.29, 0.717) is 18.9 Å². The first-order chi connectivity index (χ1) is 15.1. The molecule has 1 aromatic heterocycles. The van der Waals surface area contributed by atoms with Crippen molar-refractivity contribution < 1.29 is 19.1 Å². The van der Waals surface area contributed by atoms with Gasteiger partial charge in [0.25, 0.3) is 0 Å². The zero-order valence-electron chi connectivity index (χ0n) is 18.1. The van der Waals surface area contributed by atoms with Crippen LogP contribution >= 0.6 is 0 Å². The Hall–Kier alpha value is -3.08. The molecule has 5 heteroatoms. The minimum absolute atomic E-state index is 0.107. The lowest BCUT2D eigenvalue weighted by atomic mass is 9.84. The Balaban J connectivity index is 1.39. The highest BCUT2D eigenvalue weighted by Gasteiger charge is 2.33. The number of aryl methyl sites for hydroxylation is 2. The molecule has 2 atom stereocenters. The van der Waals surface area contributed by atoms with Gasteiger partial charge in [0.2, 0.25) is 5.89 Å². The van der Waals surface area contributed by atoms with Gasteiger partial charge in [0.1, 0.15) is 11.5 Å². The van der Waals surface area contributed by atoms with Gasteiger partial charge in [-0.05, 0) is 67.5 Å². The number of aliphatic carboxylic acids is 1. The lowest BCUT2D eigenvalue weighted by Gasteiger charge is -2.20. The molecule has 2 aromatic carbocycles. The van der Waals surface area contributed by atoms with Crippen molar-refractivity contribution in [3.05, 3.63) is 71.1 Å². The third kappa shape index (κ3) is 4.66. The Morgan fingerprint density at radius 1 is 1.26 bits per heavy atom. The van der Waals surface area contributed by atoms with Crippen molar-refractivity contribution in [1.82, 2.24) is 4.98 Å². The molecular weight excluding hydrogens is 390 g/mol. The lowest BCUT2D eigenvalue weighted by Crippen LogP contribution is -2.20. The number of nitrogens with zero attached hydrogens (tertiary/aromatic N) is 1. The van der Waals surface area contributed by atoms with Crippen molar-refractivity contribution >= 4 is 5.97 Å². The first kappa shape index (κ1) is 21.2. The maximum Gasteiger partial charge on any atom is 0.307 e. The molecule has 0 radical (unpaired) electrons. The maximum atomic E-state index is 11.7. The zero-order valence-corrected chi connectivity index (χ0v) is 18.1. The van der Waals surface area contributed by atoms with E-state index in [-0.39, 0.29) is 11.8 Å². The summed E-state index contributed by atoms with van der Waals surface area (Å²) in [6.07, 6.45) is 4.08. The van der Waals surface area contributed by atoms with Crippen LogP contribution in [0.15, 0.2) is 52.9 Å². The summed E-state index contributed by atoms with van der Waals surface area (Å²) < 4.78 is 11.8. The lowest BCUT2D eigenvalue weighted by molar-refractivity contribution is -0.142. The molecule has 1 N–H and O–H groups in total. The van der Waals surface area contributed by atoms with Crippen LogP contribution in [0, 0.1) is 12.8 Å². The van der Waals surface area contributed by atoms with E-state index in [9.17, 15) is 9.90 Å². The summed E-state index contributed by atoms with van der Waals surface area (Å²) in [4.78, 5) is 16.3. The standard InChI is InChI=1S/C26H29NO4/c1-3-7-23(26(28)29)22-12-10-19-16-20(11-13-21(19)22)30-15-14-24-17(2)31-25(27-24)18-8-5-4-6-9-18/h4-6,8-9,11,13,16,22-23H,3,7,10,12,14-15H2,1-2H3,(H,28,29). The van der Waals surface area contributed by atoms with E-state index in [4.69, 9.17) is 9.15 Å². The van der Waals surface area contributed by atoms with E-state index in [1.807, 2.05) is 50.2 Å². The van der Waals surface area contributed by atoms with Crippen LogP contribution < -0.4 is 4.74 Å². The molecule has 0 bridgehead atoms. The Kier molecular flexibility index (Phi) is 6.40. The highest BCUT2D eigenvalue weighted by molar-refractivity contribution is 5.72. The Morgan fingerprint density at radius 3 is 2.81 bits per heavy atom. The number of carboxylic acids is 1. The first-order valence-corrected chi connectivity index (χ1v) is 11.1. The number of fused-ring (bicyclic) bond motifs is 1. The topological polar surface area (TPSA) is 72.6 Å². The smallest absolute Gasteiger partial charge is 0.307 e. The Bertz CT molecular complexity index is 1040. The number of hydrogen-bond acceptors (Lipinski definition) is 4. The van der Waals surface area contributed by atoms with Crippen LogP contribution in [-0.4, -0.2) is 22.7 Å². The molecule has 1 aliphatic rings. The van der Waals surface area contributed by atoms with Gasteiger partial charge >= 0.3 is 5.97 Å². The molecule has 0 aliphatic heterocycles. The fourth-order valence-electron chi connectivity index (χ4n) is 4.57. The number of aromatic nitrogens is 1. The second kappa shape index (κ2) is 9.38. The van der Waals surface area contributed by atoms with Crippen LogP contribution in [0.5, 0.6) is 5.75 Å². The average molecular weight is 420 g/mol. The SMILES string of the molecule is CCCC(C(=O)O)C1CCc2cc(OCCc3nc(-c4ccccc4)oc3C)ccc21. The average Bonchev–Trinajstić information content (AvgIpc) is 3.36. The van der Waals surface area contributed by atoms with Crippen molar-refractivity contribution in [1.29, 1.82) is 0 Å². The minimum Gasteiger partial charge on any atom is -0.493 e. The third-order valence-electron chi connectivity index (χ3n) is 6.16. The maximum absolute atomic E-state index is 11.7. The molecule has 0 saturated heterocycles. The van der Waals surface area contributed by atoms with Crippen LogP contribution in [0.2, 0.25) is 0 Å². The summed E-state index contributed by atoms with van der Waals surface area (Å²) in [6.45, 7) is 4.49. The van der Waals surface area contributed by atoms with E-state index in [1.54, 1.807) is 0 Å². The predicted molar refractivity (Wildman–Crippen MR) is 119 cm³/mol. The molecule has 0 spiro atoms. The summed E-state index contributed by atoms with van der Waals surface area (Å²) in [7, 11) is 0. The quantitative estimate of drug-likeness (QED) is 0.474. The number of rotatable bonds is 9. The molecule has 0 saturated carbocycles. The van der Waals surface area contributed by atoms with Gasteiger partial charge in [0.15, 0.2) is 0 Å². The predicted octanol–water partition coefficient (Wildman–Crippen LogP) is 5.80. The molecular formula is C26H29NO4. The molecule has 3 aromatic rings. The fraction of sp³-hybridized carbons (Fsp3) is 0.385. The summed E-state index contributed by atoms with van der Waals surface area (Å²) >= 11 is 0. The number of hydrogen-bond donors (Lipinski definition) is 1. The number of oxazole rings is 1. The van der Waals surface area contributed by atoms with Crippen molar-refractivity contribution in [2.75, 3.05) is 6.61 Å². The second-order valence-electron chi connectivity index (χ2n) is 8.23. The number of carboxylic acid groups (broad SMARTS) is 1. The number of ether oxygens (including phenoxy) is 1. The van der Waals surface area contributed by atoms with Crippen LogP contribution in [0.25, 0.3) is 11.5 Å². The highest BCUT2D eigenvalue weighted by Crippen LogP contribution is 2.41. The fourth-order valence-corrected chi connectivity index (χ4v) is 4.57. The van der Waals surface area contributed by atoms with Gasteiger partial charge in [0, 0.05) is 12.0 Å². The van der Waals surface area contributed by atoms with Gasteiger partial charge in [-0.3, -0.25) is 4.79 Å². The van der Waals surface area contributed by atoms with Gasteiger partial charge in [-0.25, -0.2) is 4.98 Å². The molecule has 4 rings (SSSR count). The molecule has 1 heterocycles. The normalized spacial score (nSPS) is 16.1. The van der Waals surface area contributed by atoms with E-state index < -0.39 is 5.97 Å². The first-order valence-electron chi connectivity index (χ1n) is 11.1. The molecule has 0 fully saturated rings. The van der Waals surface area contributed by atoms with Gasteiger partial charge in [0.05, 0.1) is 18.2 Å². The van der Waals surface area contributed by atoms with Crippen LogP contribution in [0.4, 0.5) is 0 Å². The van der Waals surface area contributed by atoms with Crippen molar-refractivity contribution in [3.8, 4) is 17.2 Å². The summed E-state index contributed by atoms with van der Waals surface area (Å²) in [5.74, 6) is 1.40. The summed E-state index contributed by atoms with van der Waals surface area (Å²) in [5.41, 5.74) is 4.26. The molecule has 31 heavy (non-hydrogen) atoms. The van der Waals surface area contributed by atoms with E-state index in [2.05, 4.69) is 17.1 Å². The molecule has 0 amide bonds. The molecule has 2 unspecified atom stereocenters. The Morgan fingerprint density at radius 2 is 2.06 bits per heavy atom. The van der Waals surface area contributed by atoms with Crippen LogP contribution in [-0.2, 0) is 17.6 Å². The van der Waals surface area contributed by atoms with Gasteiger partial charge in [-0.2, -0.15) is 0 Å². The number of carbonyl (C=O) groups is 1. The van der Waals surface area contributed by atoms with Crippen molar-refractivity contribution in [2.24, 2.45) is 5.92 Å².